The van der Waals surface area contributed by atoms with Crippen LogP contribution in [0.25, 0.3) is 0 Å². The molecule has 2 aromatic rings. The van der Waals surface area contributed by atoms with Gasteiger partial charge in [0.05, 0.1) is 10.6 Å². The quantitative estimate of drug-likeness (QED) is 0.861. The van der Waals surface area contributed by atoms with E-state index in [1.54, 1.807) is 18.2 Å². The number of anilines is 1. The summed E-state index contributed by atoms with van der Waals surface area (Å²) < 4.78 is 40.1. The number of nitrogens with one attached hydrogen (secondary N) is 2. The zero-order valence-corrected chi connectivity index (χ0v) is 12.5. The lowest BCUT2D eigenvalue weighted by atomic mass is 10.1. The summed E-state index contributed by atoms with van der Waals surface area (Å²) in [5, 5.41) is 3.03. The van der Waals surface area contributed by atoms with Crippen LogP contribution in [0.1, 0.15) is 5.56 Å². The molecule has 0 aliphatic rings. The predicted molar refractivity (Wildman–Crippen MR) is 81.3 cm³/mol. The van der Waals surface area contributed by atoms with Gasteiger partial charge in [-0.1, -0.05) is 24.3 Å². The van der Waals surface area contributed by atoms with E-state index < -0.39 is 15.8 Å². The third-order valence-electron chi connectivity index (χ3n) is 3.02. The first-order chi connectivity index (χ1) is 10.0. The van der Waals surface area contributed by atoms with Gasteiger partial charge in [-0.3, -0.25) is 4.72 Å². The van der Waals surface area contributed by atoms with E-state index in [1.807, 2.05) is 7.05 Å². The fourth-order valence-corrected chi connectivity index (χ4v) is 2.92. The molecule has 2 rings (SSSR count). The van der Waals surface area contributed by atoms with Gasteiger partial charge in [0.25, 0.3) is 10.0 Å². The molecule has 6 heteroatoms. The smallest absolute Gasteiger partial charge is 0.261 e. The van der Waals surface area contributed by atoms with Crippen molar-refractivity contribution in [3.05, 3.63) is 59.9 Å². The second-order valence-electron chi connectivity index (χ2n) is 4.58. The molecule has 112 valence electrons. The van der Waals surface area contributed by atoms with Crippen molar-refractivity contribution in [1.82, 2.24) is 5.32 Å². The number of likely N-dealkylation sites (N-methyl/N-ethyl adjacent to an activating group) is 1. The molecule has 0 atom stereocenters. The molecule has 2 N–H and O–H groups in total. The van der Waals surface area contributed by atoms with Gasteiger partial charge in [-0.25, -0.2) is 12.8 Å². The Morgan fingerprint density at radius 2 is 1.71 bits per heavy atom. The van der Waals surface area contributed by atoms with Crippen LogP contribution in [0, 0.1) is 5.82 Å². The minimum atomic E-state index is -3.78. The van der Waals surface area contributed by atoms with Crippen molar-refractivity contribution in [2.45, 2.75) is 11.3 Å². The zero-order chi connectivity index (χ0) is 15.3. The Labute approximate surface area is 124 Å². The molecule has 0 unspecified atom stereocenters. The van der Waals surface area contributed by atoms with Gasteiger partial charge >= 0.3 is 0 Å². The summed E-state index contributed by atoms with van der Waals surface area (Å²) in [5.74, 6) is -0.605. The van der Waals surface area contributed by atoms with Gasteiger partial charge < -0.3 is 5.32 Å². The maximum absolute atomic E-state index is 13.5. The van der Waals surface area contributed by atoms with Gasteiger partial charge in [-0.15, -0.1) is 0 Å². The average molecular weight is 308 g/mol. The molecule has 0 fully saturated rings. The van der Waals surface area contributed by atoms with Crippen molar-refractivity contribution in [2.75, 3.05) is 18.3 Å². The Bertz CT molecular complexity index is 700. The van der Waals surface area contributed by atoms with E-state index in [-0.39, 0.29) is 10.6 Å². The molecular formula is C15H17FN2O2S. The van der Waals surface area contributed by atoms with Gasteiger partial charge in [-0.2, -0.15) is 0 Å². The molecule has 0 aromatic heterocycles. The summed E-state index contributed by atoms with van der Waals surface area (Å²) in [5.41, 5.74) is 0.978. The number of rotatable bonds is 6. The molecular weight excluding hydrogens is 291 g/mol. The predicted octanol–water partition coefficient (Wildman–Crippen LogP) is 2.39. The number of benzene rings is 2. The van der Waals surface area contributed by atoms with E-state index in [4.69, 9.17) is 0 Å². The van der Waals surface area contributed by atoms with E-state index in [0.29, 0.717) is 0 Å². The van der Waals surface area contributed by atoms with Crippen LogP contribution in [0.2, 0.25) is 0 Å². The standard InChI is InChI=1S/C15H17FN2O2S/c1-17-11-10-12-6-8-13(9-7-12)21(19,20)18-15-5-3-2-4-14(15)16/h2-9,17-18H,10-11H2,1H3. The second-order valence-corrected chi connectivity index (χ2v) is 6.27. The minimum absolute atomic E-state index is 0.0586. The number of hydrogen-bond acceptors (Lipinski definition) is 3. The molecule has 0 saturated heterocycles. The molecule has 0 amide bonds. The van der Waals surface area contributed by atoms with Gasteiger partial charge in [0, 0.05) is 0 Å². The third-order valence-corrected chi connectivity index (χ3v) is 4.40. The molecule has 0 heterocycles. The van der Waals surface area contributed by atoms with E-state index in [2.05, 4.69) is 10.0 Å². The number of hydrogen-bond donors (Lipinski definition) is 2. The van der Waals surface area contributed by atoms with Crippen LogP contribution < -0.4 is 10.0 Å². The fourth-order valence-electron chi connectivity index (χ4n) is 1.85. The Morgan fingerprint density at radius 1 is 1.05 bits per heavy atom. The van der Waals surface area contributed by atoms with Crippen molar-refractivity contribution in [2.24, 2.45) is 0 Å². The largest absolute Gasteiger partial charge is 0.319 e. The van der Waals surface area contributed by atoms with Crippen LogP contribution >= 0.6 is 0 Å². The first-order valence-electron chi connectivity index (χ1n) is 6.54. The summed E-state index contributed by atoms with van der Waals surface area (Å²) in [7, 11) is -1.92. The Morgan fingerprint density at radius 3 is 2.33 bits per heavy atom. The fraction of sp³-hybridized carbons (Fsp3) is 0.200. The summed E-state index contributed by atoms with van der Waals surface area (Å²) >= 11 is 0. The molecule has 0 spiro atoms. The van der Waals surface area contributed by atoms with E-state index in [9.17, 15) is 12.8 Å². The maximum Gasteiger partial charge on any atom is 0.261 e. The van der Waals surface area contributed by atoms with Crippen LogP contribution in [0.15, 0.2) is 53.4 Å². The molecule has 0 saturated carbocycles. The van der Waals surface area contributed by atoms with Crippen molar-refractivity contribution in [3.8, 4) is 0 Å². The molecule has 0 radical (unpaired) electrons. The van der Waals surface area contributed by atoms with Crippen LogP contribution in [0.4, 0.5) is 10.1 Å². The van der Waals surface area contributed by atoms with Crippen LogP contribution in [0.5, 0.6) is 0 Å². The van der Waals surface area contributed by atoms with E-state index in [0.717, 1.165) is 18.5 Å². The summed E-state index contributed by atoms with van der Waals surface area (Å²) in [6, 6.07) is 12.2. The van der Waals surface area contributed by atoms with Gasteiger partial charge in [0.1, 0.15) is 5.82 Å². The van der Waals surface area contributed by atoms with Gasteiger partial charge in [0.15, 0.2) is 0 Å². The minimum Gasteiger partial charge on any atom is -0.319 e. The van der Waals surface area contributed by atoms with Gasteiger partial charge in [0.2, 0.25) is 0 Å². The Balaban J connectivity index is 2.18. The second kappa shape index (κ2) is 6.69. The maximum atomic E-state index is 13.5. The first-order valence-corrected chi connectivity index (χ1v) is 8.02. The number of para-hydroxylation sites is 1. The highest BCUT2D eigenvalue weighted by Gasteiger charge is 2.15. The third kappa shape index (κ3) is 4.03. The normalized spacial score (nSPS) is 11.3. The van der Waals surface area contributed by atoms with Crippen LogP contribution in [-0.2, 0) is 16.4 Å². The SMILES string of the molecule is CNCCc1ccc(S(=O)(=O)Nc2ccccc2F)cc1. The van der Waals surface area contributed by atoms with Crippen molar-refractivity contribution in [3.63, 3.8) is 0 Å². The van der Waals surface area contributed by atoms with Crippen molar-refractivity contribution < 1.29 is 12.8 Å². The lowest BCUT2D eigenvalue weighted by Gasteiger charge is -2.09. The monoisotopic (exact) mass is 308 g/mol. The van der Waals surface area contributed by atoms with Crippen molar-refractivity contribution in [1.29, 1.82) is 0 Å². The molecule has 21 heavy (non-hydrogen) atoms. The topological polar surface area (TPSA) is 58.2 Å². The summed E-state index contributed by atoms with van der Waals surface area (Å²) in [6.07, 6.45) is 0.817. The van der Waals surface area contributed by atoms with E-state index in [1.165, 1.54) is 30.3 Å². The molecule has 0 bridgehead atoms. The average Bonchev–Trinajstić information content (AvgIpc) is 2.48. The molecule has 4 nitrogen and oxygen atoms in total. The highest BCUT2D eigenvalue weighted by Crippen LogP contribution is 2.19. The highest BCUT2D eigenvalue weighted by molar-refractivity contribution is 7.92. The lowest BCUT2D eigenvalue weighted by molar-refractivity contribution is 0.598. The Hall–Kier alpha value is -1.92. The zero-order valence-electron chi connectivity index (χ0n) is 11.6. The first kappa shape index (κ1) is 15.5. The Kier molecular flexibility index (Phi) is 4.93. The number of sulfonamides is 1. The van der Waals surface area contributed by atoms with Gasteiger partial charge in [-0.05, 0) is 49.8 Å². The molecule has 0 aliphatic carbocycles. The van der Waals surface area contributed by atoms with Crippen molar-refractivity contribution >= 4 is 15.7 Å². The lowest BCUT2D eigenvalue weighted by Crippen LogP contribution is -2.14. The number of halogens is 1. The summed E-state index contributed by atoms with van der Waals surface area (Å²) in [4.78, 5) is 0.110. The summed E-state index contributed by atoms with van der Waals surface area (Å²) in [6.45, 7) is 0.819. The highest BCUT2D eigenvalue weighted by atomic mass is 32.2. The van der Waals surface area contributed by atoms with Crippen LogP contribution in [-0.4, -0.2) is 22.0 Å². The molecule has 0 aliphatic heterocycles. The van der Waals surface area contributed by atoms with Crippen LogP contribution in [0.3, 0.4) is 0 Å². The van der Waals surface area contributed by atoms with E-state index >= 15 is 0 Å². The molecule has 2 aromatic carbocycles.